The molecule has 2 aromatic rings. The van der Waals surface area contributed by atoms with Gasteiger partial charge in [-0.25, -0.2) is 0 Å². The van der Waals surface area contributed by atoms with Gasteiger partial charge in [0, 0.05) is 36.3 Å². The van der Waals surface area contributed by atoms with Gasteiger partial charge in [0.05, 0.1) is 0 Å². The molecule has 2 aromatic heterocycles. The third kappa shape index (κ3) is 2.29. The van der Waals surface area contributed by atoms with Crippen molar-refractivity contribution in [2.45, 2.75) is 18.9 Å². The largest absolute Gasteiger partial charge is 0.431 e. The molecule has 5 rings (SSSR count). The highest BCUT2D eigenvalue weighted by atomic mass is 19.1. The minimum Gasteiger partial charge on any atom is -0.431 e. The lowest BCUT2D eigenvalue weighted by Crippen LogP contribution is -2.57. The predicted molar refractivity (Wildman–Crippen MR) is 74.4 cm³/mol. The van der Waals surface area contributed by atoms with Gasteiger partial charge in [-0.1, -0.05) is 0 Å². The molecule has 5 heterocycles. The van der Waals surface area contributed by atoms with Crippen molar-refractivity contribution in [1.82, 2.24) is 15.2 Å². The molecule has 0 radical (unpaired) electrons. The minimum atomic E-state index is -0.665. The summed E-state index contributed by atoms with van der Waals surface area (Å²) in [5, 5.41) is 3.62. The summed E-state index contributed by atoms with van der Waals surface area (Å²) in [5.41, 5.74) is 0.620. The van der Waals surface area contributed by atoms with E-state index in [9.17, 15) is 9.18 Å². The number of nitrogens with zero attached hydrogens (tertiary/aromatic N) is 2. The maximum absolute atomic E-state index is 13.0. The Kier molecular flexibility index (Phi) is 2.92. The second kappa shape index (κ2) is 4.80. The number of halogens is 1. The first-order chi connectivity index (χ1) is 10.2. The second-order valence-electron chi connectivity index (χ2n) is 5.88. The average Bonchev–Trinajstić information content (AvgIpc) is 2.87. The highest BCUT2D eigenvalue weighted by Crippen LogP contribution is 2.27. The Labute approximate surface area is 121 Å². The molecule has 110 valence electrons. The number of fused-ring (bicyclic) bond motifs is 4. The number of carbonyl (C=O) groups is 1. The van der Waals surface area contributed by atoms with Crippen LogP contribution in [0.25, 0.3) is 11.0 Å². The molecule has 0 aliphatic carbocycles. The van der Waals surface area contributed by atoms with Gasteiger partial charge in [0.15, 0.2) is 0 Å². The molecule has 1 unspecified atom stereocenters. The number of carbonyl (C=O) groups excluding carboxylic acids is 1. The predicted octanol–water partition coefficient (Wildman–Crippen LogP) is 1.79. The Balaban J connectivity index is 1.53. The summed E-state index contributed by atoms with van der Waals surface area (Å²) in [6.45, 7) is 3.17. The van der Waals surface area contributed by atoms with Crippen LogP contribution in [0.2, 0.25) is 0 Å². The molecule has 0 spiro atoms. The lowest BCUT2D eigenvalue weighted by Gasteiger charge is -2.44. The highest BCUT2D eigenvalue weighted by molar-refractivity contribution is 5.95. The number of furan rings is 1. The molecule has 1 atom stereocenters. The topological polar surface area (TPSA) is 58.4 Å². The van der Waals surface area contributed by atoms with Crippen LogP contribution in [0.3, 0.4) is 0 Å². The summed E-state index contributed by atoms with van der Waals surface area (Å²) in [7, 11) is 0. The lowest BCUT2D eigenvalue weighted by molar-refractivity contribution is 0.0618. The normalized spacial score (nSPS) is 28.0. The molecule has 6 heteroatoms. The van der Waals surface area contributed by atoms with E-state index in [0.717, 1.165) is 32.5 Å². The molecule has 3 aliphatic rings. The quantitative estimate of drug-likeness (QED) is 0.915. The van der Waals surface area contributed by atoms with Crippen molar-refractivity contribution >= 4 is 16.9 Å². The van der Waals surface area contributed by atoms with Gasteiger partial charge in [0.25, 0.3) is 11.9 Å². The van der Waals surface area contributed by atoms with Crippen LogP contribution in [0.1, 0.15) is 23.3 Å². The van der Waals surface area contributed by atoms with E-state index in [-0.39, 0.29) is 17.6 Å². The maximum atomic E-state index is 13.0. The van der Waals surface area contributed by atoms with Crippen molar-refractivity contribution in [1.29, 1.82) is 0 Å². The third-order valence-corrected chi connectivity index (χ3v) is 4.58. The van der Waals surface area contributed by atoms with Gasteiger partial charge < -0.3 is 14.6 Å². The average molecular weight is 289 g/mol. The molecule has 3 fully saturated rings. The summed E-state index contributed by atoms with van der Waals surface area (Å²) in [4.78, 5) is 18.8. The fraction of sp³-hybridized carbons (Fsp3) is 0.467. The zero-order valence-electron chi connectivity index (χ0n) is 11.5. The van der Waals surface area contributed by atoms with Gasteiger partial charge in [-0.15, -0.1) is 0 Å². The Morgan fingerprint density at radius 2 is 2.19 bits per heavy atom. The summed E-state index contributed by atoms with van der Waals surface area (Å²) >= 11 is 0. The molecule has 2 bridgehead atoms. The second-order valence-corrected chi connectivity index (χ2v) is 5.88. The molecule has 0 saturated carbocycles. The first-order valence-corrected chi connectivity index (χ1v) is 7.27. The van der Waals surface area contributed by atoms with Gasteiger partial charge in [-0.05, 0) is 31.8 Å². The monoisotopic (exact) mass is 289 g/mol. The van der Waals surface area contributed by atoms with Crippen LogP contribution in [0, 0.1) is 11.9 Å². The fourth-order valence-electron chi connectivity index (χ4n) is 3.40. The van der Waals surface area contributed by atoms with E-state index in [1.54, 1.807) is 0 Å². The number of hydrogen-bond donors (Lipinski definition) is 1. The van der Waals surface area contributed by atoms with Crippen LogP contribution < -0.4 is 5.32 Å². The summed E-state index contributed by atoms with van der Waals surface area (Å²) in [6, 6.07) is 2.28. The standard InChI is InChI=1S/C15H16FN3O2/c16-14-5-10-7-17-11(6-13(10)21-14)15(20)18-12-8-19-3-1-9(12)2-4-19/h5-7,9,12H,1-4,8H2,(H,18,20). The molecular weight excluding hydrogens is 273 g/mol. The summed E-state index contributed by atoms with van der Waals surface area (Å²) in [5.74, 6) is 0.344. The molecular formula is C15H16FN3O2. The summed E-state index contributed by atoms with van der Waals surface area (Å²) < 4.78 is 17.9. The molecule has 1 amide bonds. The third-order valence-electron chi connectivity index (χ3n) is 4.58. The highest BCUT2D eigenvalue weighted by Gasteiger charge is 2.35. The van der Waals surface area contributed by atoms with Gasteiger partial charge in [-0.3, -0.25) is 9.78 Å². The first kappa shape index (κ1) is 12.8. The Hall–Kier alpha value is -1.95. The van der Waals surface area contributed by atoms with Gasteiger partial charge in [0.2, 0.25) is 0 Å². The van der Waals surface area contributed by atoms with Crippen LogP contribution in [-0.4, -0.2) is 41.5 Å². The van der Waals surface area contributed by atoms with E-state index in [1.807, 2.05) is 0 Å². The lowest BCUT2D eigenvalue weighted by atomic mass is 9.84. The first-order valence-electron chi connectivity index (χ1n) is 7.27. The van der Waals surface area contributed by atoms with E-state index >= 15 is 0 Å². The van der Waals surface area contributed by atoms with Crippen LogP contribution in [0.15, 0.2) is 22.7 Å². The number of pyridine rings is 1. The molecule has 3 saturated heterocycles. The zero-order chi connectivity index (χ0) is 14.4. The van der Waals surface area contributed by atoms with Crippen molar-refractivity contribution in [3.05, 3.63) is 30.0 Å². The fourth-order valence-corrected chi connectivity index (χ4v) is 3.40. The van der Waals surface area contributed by atoms with E-state index < -0.39 is 6.01 Å². The number of rotatable bonds is 2. The van der Waals surface area contributed by atoms with Crippen molar-refractivity contribution in [3.63, 3.8) is 0 Å². The molecule has 3 aliphatic heterocycles. The van der Waals surface area contributed by atoms with Crippen LogP contribution >= 0.6 is 0 Å². The van der Waals surface area contributed by atoms with Gasteiger partial charge >= 0.3 is 0 Å². The SMILES string of the molecule is O=C(NC1CN2CCC1CC2)c1cc2oc(F)cc2cn1. The summed E-state index contributed by atoms with van der Waals surface area (Å²) in [6.07, 6.45) is 3.74. The van der Waals surface area contributed by atoms with Crippen LogP contribution in [0.5, 0.6) is 0 Å². The molecule has 0 aromatic carbocycles. The van der Waals surface area contributed by atoms with Gasteiger partial charge in [-0.2, -0.15) is 4.39 Å². The van der Waals surface area contributed by atoms with Crippen LogP contribution in [0.4, 0.5) is 4.39 Å². The van der Waals surface area contributed by atoms with E-state index in [2.05, 4.69) is 15.2 Å². The maximum Gasteiger partial charge on any atom is 0.278 e. The number of aromatic nitrogens is 1. The van der Waals surface area contributed by atoms with E-state index in [4.69, 9.17) is 4.42 Å². The van der Waals surface area contributed by atoms with Crippen molar-refractivity contribution in [2.24, 2.45) is 5.92 Å². The molecule has 21 heavy (non-hydrogen) atoms. The molecule has 1 N–H and O–H groups in total. The van der Waals surface area contributed by atoms with Gasteiger partial charge in [0.1, 0.15) is 11.3 Å². The number of nitrogens with one attached hydrogen (secondary N) is 1. The van der Waals surface area contributed by atoms with Crippen molar-refractivity contribution in [2.75, 3.05) is 19.6 Å². The van der Waals surface area contributed by atoms with Crippen molar-refractivity contribution < 1.29 is 13.6 Å². The van der Waals surface area contributed by atoms with E-state index in [1.165, 1.54) is 18.3 Å². The Morgan fingerprint density at radius 3 is 2.90 bits per heavy atom. The number of hydrogen-bond acceptors (Lipinski definition) is 4. The minimum absolute atomic E-state index is 0.186. The van der Waals surface area contributed by atoms with E-state index in [0.29, 0.717) is 16.9 Å². The molecule has 5 nitrogen and oxygen atoms in total. The van der Waals surface area contributed by atoms with Crippen LogP contribution in [-0.2, 0) is 0 Å². The zero-order valence-corrected chi connectivity index (χ0v) is 11.5. The number of amides is 1. The van der Waals surface area contributed by atoms with Crippen molar-refractivity contribution in [3.8, 4) is 0 Å². The Morgan fingerprint density at radius 1 is 1.38 bits per heavy atom. The number of piperidine rings is 3. The smallest absolute Gasteiger partial charge is 0.278 e. The Bertz CT molecular complexity index is 691.